The molecule has 0 fully saturated rings. The molecule has 2 heterocycles. The number of nitrogens with zero attached hydrogens (tertiary/aromatic N) is 1. The molecule has 3 rings (SSSR count). The van der Waals surface area contributed by atoms with Gasteiger partial charge in [-0.25, -0.2) is 4.98 Å². The van der Waals surface area contributed by atoms with E-state index in [2.05, 4.69) is 15.3 Å². The lowest BCUT2D eigenvalue weighted by atomic mass is 9.87. The zero-order valence-corrected chi connectivity index (χ0v) is 10.4. The number of aryl methyl sites for hydroxylation is 1. The Labute approximate surface area is 109 Å². The van der Waals surface area contributed by atoms with E-state index >= 15 is 0 Å². The van der Waals surface area contributed by atoms with E-state index in [9.17, 15) is 9.59 Å². The lowest BCUT2D eigenvalue weighted by Gasteiger charge is -2.24. The van der Waals surface area contributed by atoms with Crippen molar-refractivity contribution >= 4 is 11.7 Å². The third-order valence-corrected chi connectivity index (χ3v) is 3.27. The standard InChI is InChI=1S/C14H13N3O2/c1-8-15-13-12(14(19)16-8)10(7-11(18)17-13)9-5-3-2-4-6-9/h2-6,10H,7H2,1H3,(H2,15,16,17,18,19)/t10-/m1/s1. The van der Waals surface area contributed by atoms with E-state index in [-0.39, 0.29) is 23.8 Å². The van der Waals surface area contributed by atoms with Gasteiger partial charge in [0, 0.05) is 12.3 Å². The number of amides is 1. The molecule has 96 valence electrons. The third-order valence-electron chi connectivity index (χ3n) is 3.27. The van der Waals surface area contributed by atoms with Gasteiger partial charge in [-0.15, -0.1) is 0 Å². The molecule has 0 aliphatic carbocycles. The highest BCUT2D eigenvalue weighted by molar-refractivity contribution is 5.94. The van der Waals surface area contributed by atoms with Gasteiger partial charge < -0.3 is 10.3 Å². The first-order chi connectivity index (χ1) is 9.15. The fourth-order valence-corrected chi connectivity index (χ4v) is 2.45. The van der Waals surface area contributed by atoms with Crippen LogP contribution in [0.25, 0.3) is 0 Å². The summed E-state index contributed by atoms with van der Waals surface area (Å²) in [6.07, 6.45) is 0.269. The zero-order chi connectivity index (χ0) is 13.4. The van der Waals surface area contributed by atoms with Gasteiger partial charge in [0.25, 0.3) is 5.56 Å². The van der Waals surface area contributed by atoms with Gasteiger partial charge in [-0.3, -0.25) is 9.59 Å². The number of rotatable bonds is 1. The summed E-state index contributed by atoms with van der Waals surface area (Å²) < 4.78 is 0. The van der Waals surface area contributed by atoms with Gasteiger partial charge in [-0.2, -0.15) is 0 Å². The van der Waals surface area contributed by atoms with Crippen LogP contribution >= 0.6 is 0 Å². The van der Waals surface area contributed by atoms with Crippen molar-refractivity contribution in [1.29, 1.82) is 0 Å². The Kier molecular flexibility index (Phi) is 2.67. The molecule has 5 nitrogen and oxygen atoms in total. The molecule has 0 unspecified atom stereocenters. The Morgan fingerprint density at radius 3 is 2.68 bits per heavy atom. The van der Waals surface area contributed by atoms with Gasteiger partial charge in [0.05, 0.1) is 5.56 Å². The van der Waals surface area contributed by atoms with E-state index in [0.29, 0.717) is 17.2 Å². The minimum Gasteiger partial charge on any atom is -0.310 e. The van der Waals surface area contributed by atoms with Crippen LogP contribution in [0.15, 0.2) is 35.1 Å². The first-order valence-electron chi connectivity index (χ1n) is 6.11. The Hall–Kier alpha value is -2.43. The average Bonchev–Trinajstić information content (AvgIpc) is 2.38. The molecular formula is C14H13N3O2. The van der Waals surface area contributed by atoms with Crippen LogP contribution in [0, 0.1) is 6.92 Å². The topological polar surface area (TPSA) is 74.8 Å². The summed E-state index contributed by atoms with van der Waals surface area (Å²) in [5.41, 5.74) is 1.31. The van der Waals surface area contributed by atoms with Crippen LogP contribution < -0.4 is 10.9 Å². The molecule has 0 bridgehead atoms. The third kappa shape index (κ3) is 2.03. The van der Waals surface area contributed by atoms with Gasteiger partial charge in [0.15, 0.2) is 0 Å². The van der Waals surface area contributed by atoms with Crippen molar-refractivity contribution in [2.24, 2.45) is 0 Å². The molecule has 0 radical (unpaired) electrons. The molecule has 0 spiro atoms. The molecule has 0 saturated heterocycles. The molecule has 19 heavy (non-hydrogen) atoms. The molecule has 1 aliphatic heterocycles. The number of nitrogens with one attached hydrogen (secondary N) is 2. The number of aromatic amines is 1. The van der Waals surface area contributed by atoms with Crippen molar-refractivity contribution in [3.63, 3.8) is 0 Å². The second kappa shape index (κ2) is 4.35. The number of hydrogen-bond donors (Lipinski definition) is 2. The van der Waals surface area contributed by atoms with E-state index in [4.69, 9.17) is 0 Å². The van der Waals surface area contributed by atoms with Crippen LogP contribution in [-0.4, -0.2) is 15.9 Å². The van der Waals surface area contributed by atoms with E-state index in [1.54, 1.807) is 6.92 Å². The Morgan fingerprint density at radius 2 is 1.95 bits per heavy atom. The Morgan fingerprint density at radius 1 is 1.21 bits per heavy atom. The lowest BCUT2D eigenvalue weighted by molar-refractivity contribution is -0.116. The van der Waals surface area contributed by atoms with Crippen LogP contribution in [0.2, 0.25) is 0 Å². The fraction of sp³-hybridized carbons (Fsp3) is 0.214. The second-order valence-electron chi connectivity index (χ2n) is 4.63. The highest BCUT2D eigenvalue weighted by atomic mass is 16.2. The predicted octanol–water partition coefficient (Wildman–Crippen LogP) is 1.55. The monoisotopic (exact) mass is 255 g/mol. The van der Waals surface area contributed by atoms with Crippen LogP contribution in [0.1, 0.15) is 29.3 Å². The van der Waals surface area contributed by atoms with E-state index in [1.807, 2.05) is 30.3 Å². The maximum absolute atomic E-state index is 12.1. The van der Waals surface area contributed by atoms with Crippen molar-refractivity contribution in [2.75, 3.05) is 5.32 Å². The Balaban J connectivity index is 2.20. The molecule has 1 atom stereocenters. The van der Waals surface area contributed by atoms with E-state index in [0.717, 1.165) is 5.56 Å². The predicted molar refractivity (Wildman–Crippen MR) is 71.1 cm³/mol. The minimum atomic E-state index is -0.234. The molecule has 0 saturated carbocycles. The van der Waals surface area contributed by atoms with Crippen molar-refractivity contribution in [1.82, 2.24) is 9.97 Å². The highest BCUT2D eigenvalue weighted by Gasteiger charge is 2.30. The summed E-state index contributed by atoms with van der Waals surface area (Å²) in [6.45, 7) is 1.69. The van der Waals surface area contributed by atoms with Gasteiger partial charge in [0.2, 0.25) is 5.91 Å². The van der Waals surface area contributed by atoms with Crippen LogP contribution in [0.3, 0.4) is 0 Å². The lowest BCUT2D eigenvalue weighted by Crippen LogP contribution is -2.31. The molecule has 2 N–H and O–H groups in total. The van der Waals surface area contributed by atoms with Crippen molar-refractivity contribution < 1.29 is 4.79 Å². The van der Waals surface area contributed by atoms with Crippen molar-refractivity contribution in [3.05, 3.63) is 57.6 Å². The number of hydrogen-bond acceptors (Lipinski definition) is 3. The van der Waals surface area contributed by atoms with Gasteiger partial charge in [-0.1, -0.05) is 30.3 Å². The SMILES string of the molecule is Cc1nc2c(c(=O)[nH]1)[C@@H](c1ccccc1)CC(=O)N2. The van der Waals surface area contributed by atoms with Crippen molar-refractivity contribution in [2.45, 2.75) is 19.3 Å². The molecule has 1 aliphatic rings. The molecular weight excluding hydrogens is 242 g/mol. The zero-order valence-electron chi connectivity index (χ0n) is 10.4. The number of fused-ring (bicyclic) bond motifs is 1. The smallest absolute Gasteiger partial charge is 0.256 e. The number of carbonyl (C=O) groups excluding carboxylic acids is 1. The molecule has 1 aromatic carbocycles. The first-order valence-corrected chi connectivity index (χ1v) is 6.11. The number of aromatic nitrogens is 2. The largest absolute Gasteiger partial charge is 0.310 e. The summed E-state index contributed by atoms with van der Waals surface area (Å²) in [5, 5.41) is 2.67. The maximum Gasteiger partial charge on any atom is 0.256 e. The van der Waals surface area contributed by atoms with E-state index in [1.165, 1.54) is 0 Å². The number of anilines is 1. The number of benzene rings is 1. The average molecular weight is 255 g/mol. The Bertz CT molecular complexity index is 692. The normalized spacial score (nSPS) is 17.7. The van der Waals surface area contributed by atoms with Gasteiger partial charge in [-0.05, 0) is 12.5 Å². The fourth-order valence-electron chi connectivity index (χ4n) is 2.45. The van der Waals surface area contributed by atoms with Gasteiger partial charge in [0.1, 0.15) is 11.6 Å². The summed E-state index contributed by atoms with van der Waals surface area (Å²) >= 11 is 0. The van der Waals surface area contributed by atoms with Crippen molar-refractivity contribution in [3.8, 4) is 0 Å². The molecule has 2 aromatic rings. The van der Waals surface area contributed by atoms with Crippen LogP contribution in [-0.2, 0) is 4.79 Å². The van der Waals surface area contributed by atoms with E-state index < -0.39 is 0 Å². The van der Waals surface area contributed by atoms with Crippen LogP contribution in [0.5, 0.6) is 0 Å². The molecule has 1 aromatic heterocycles. The second-order valence-corrected chi connectivity index (χ2v) is 4.63. The summed E-state index contributed by atoms with van der Waals surface area (Å²) in [4.78, 5) is 30.8. The number of H-pyrrole nitrogens is 1. The highest BCUT2D eigenvalue weighted by Crippen LogP contribution is 2.33. The molecule has 5 heteroatoms. The number of carbonyl (C=O) groups is 1. The summed E-state index contributed by atoms with van der Waals surface area (Å²) in [7, 11) is 0. The quantitative estimate of drug-likeness (QED) is 0.811. The summed E-state index contributed by atoms with van der Waals surface area (Å²) in [6, 6.07) is 9.55. The molecule has 1 amide bonds. The maximum atomic E-state index is 12.1. The minimum absolute atomic E-state index is 0.112. The van der Waals surface area contributed by atoms with Crippen LogP contribution in [0.4, 0.5) is 5.82 Å². The summed E-state index contributed by atoms with van der Waals surface area (Å²) in [5.74, 6) is 0.532. The first kappa shape index (κ1) is 11.6. The van der Waals surface area contributed by atoms with Gasteiger partial charge >= 0.3 is 0 Å².